The van der Waals surface area contributed by atoms with Gasteiger partial charge in [-0.05, 0) is 31.9 Å². The zero-order chi connectivity index (χ0) is 13.4. The van der Waals surface area contributed by atoms with Crippen molar-refractivity contribution in [1.82, 2.24) is 4.98 Å². The zero-order valence-corrected chi connectivity index (χ0v) is 11.9. The summed E-state index contributed by atoms with van der Waals surface area (Å²) in [5.41, 5.74) is 0.689. The maximum absolute atomic E-state index is 11.8. The second kappa shape index (κ2) is 4.81. The fraction of sp³-hybridized carbons (Fsp3) is 0.429. The lowest BCUT2D eigenvalue weighted by molar-refractivity contribution is 0.0968. The molecule has 0 atom stereocenters. The number of aryl methyl sites for hydroxylation is 2. The number of hydrogen-bond donors (Lipinski definition) is 0. The molecule has 19 heavy (non-hydrogen) atoms. The van der Waals surface area contributed by atoms with E-state index in [1.54, 1.807) is 11.3 Å². The van der Waals surface area contributed by atoms with E-state index in [2.05, 4.69) is 4.98 Å². The van der Waals surface area contributed by atoms with E-state index in [0.29, 0.717) is 18.7 Å². The largest absolute Gasteiger partial charge is 0.464 e. The van der Waals surface area contributed by atoms with Gasteiger partial charge in [0, 0.05) is 18.3 Å². The number of aromatic nitrogens is 1. The second-order valence-corrected chi connectivity index (χ2v) is 5.98. The Hall–Kier alpha value is -1.62. The van der Waals surface area contributed by atoms with Crippen molar-refractivity contribution in [2.75, 3.05) is 11.9 Å². The summed E-state index contributed by atoms with van der Waals surface area (Å²) in [6.07, 6.45) is 2.57. The van der Waals surface area contributed by atoms with Gasteiger partial charge >= 0.3 is 0 Å². The molecule has 0 bridgehead atoms. The molecule has 1 aliphatic rings. The average Bonchev–Trinajstić information content (AvgIpc) is 2.96. The van der Waals surface area contributed by atoms with Crippen LogP contribution in [0.3, 0.4) is 0 Å². The number of carbonyl (C=O) groups excluding carboxylic acids is 1. The van der Waals surface area contributed by atoms with Gasteiger partial charge in [-0.3, -0.25) is 4.79 Å². The molecule has 0 saturated carbocycles. The van der Waals surface area contributed by atoms with Crippen molar-refractivity contribution in [1.29, 1.82) is 0 Å². The maximum Gasteiger partial charge on any atom is 0.186 e. The zero-order valence-electron chi connectivity index (χ0n) is 11.1. The van der Waals surface area contributed by atoms with Gasteiger partial charge in [0.1, 0.15) is 17.2 Å². The topological polar surface area (TPSA) is 46.3 Å². The van der Waals surface area contributed by atoms with Crippen molar-refractivity contribution in [2.45, 2.75) is 32.7 Å². The summed E-state index contributed by atoms with van der Waals surface area (Å²) in [5, 5.41) is 0.898. The van der Waals surface area contributed by atoms with Gasteiger partial charge < -0.3 is 9.32 Å². The first-order valence-corrected chi connectivity index (χ1v) is 7.24. The minimum atomic E-state index is 0.186. The number of anilines is 1. The van der Waals surface area contributed by atoms with Crippen LogP contribution in [0.1, 0.15) is 39.7 Å². The van der Waals surface area contributed by atoms with Crippen LogP contribution < -0.4 is 4.90 Å². The molecule has 2 aromatic heterocycles. The van der Waals surface area contributed by atoms with E-state index in [1.807, 2.05) is 31.0 Å². The van der Waals surface area contributed by atoms with Crippen molar-refractivity contribution in [3.05, 3.63) is 34.2 Å². The molecule has 0 aliphatic heterocycles. The molecule has 0 saturated heterocycles. The van der Waals surface area contributed by atoms with Gasteiger partial charge in [-0.1, -0.05) is 0 Å². The number of thiazole rings is 1. The molecule has 2 aromatic rings. The van der Waals surface area contributed by atoms with Crippen molar-refractivity contribution < 1.29 is 9.21 Å². The quantitative estimate of drug-likeness (QED) is 0.863. The monoisotopic (exact) mass is 276 g/mol. The van der Waals surface area contributed by atoms with E-state index in [1.165, 1.54) is 0 Å². The second-order valence-electron chi connectivity index (χ2n) is 4.91. The van der Waals surface area contributed by atoms with Gasteiger partial charge in [0.05, 0.1) is 6.54 Å². The van der Waals surface area contributed by atoms with E-state index in [9.17, 15) is 4.79 Å². The van der Waals surface area contributed by atoms with E-state index in [0.717, 1.165) is 34.4 Å². The molecule has 0 fully saturated rings. The van der Waals surface area contributed by atoms with Gasteiger partial charge in [0.15, 0.2) is 10.9 Å². The van der Waals surface area contributed by atoms with Crippen molar-refractivity contribution in [2.24, 2.45) is 0 Å². The molecule has 5 heteroatoms. The van der Waals surface area contributed by atoms with E-state index in [4.69, 9.17) is 4.42 Å². The first kappa shape index (κ1) is 12.4. The van der Waals surface area contributed by atoms with Crippen molar-refractivity contribution in [3.63, 3.8) is 0 Å². The number of hydrogen-bond acceptors (Lipinski definition) is 5. The normalized spacial score (nSPS) is 14.5. The van der Waals surface area contributed by atoms with Crippen LogP contribution in [0.15, 0.2) is 16.5 Å². The first-order chi connectivity index (χ1) is 9.13. The highest BCUT2D eigenvalue weighted by atomic mass is 32.1. The molecule has 4 nitrogen and oxygen atoms in total. The highest BCUT2D eigenvalue weighted by Crippen LogP contribution is 2.31. The fourth-order valence-electron chi connectivity index (χ4n) is 2.29. The molecule has 0 unspecified atom stereocenters. The Morgan fingerprint density at radius 3 is 2.95 bits per heavy atom. The van der Waals surface area contributed by atoms with Gasteiger partial charge in [-0.25, -0.2) is 4.98 Å². The van der Waals surface area contributed by atoms with Gasteiger partial charge in [-0.15, -0.1) is 11.3 Å². The summed E-state index contributed by atoms with van der Waals surface area (Å²) < 4.78 is 5.57. The molecular weight excluding hydrogens is 260 g/mol. The van der Waals surface area contributed by atoms with Crippen molar-refractivity contribution >= 4 is 22.3 Å². The molecule has 0 N–H and O–H groups in total. The molecule has 3 rings (SSSR count). The summed E-state index contributed by atoms with van der Waals surface area (Å²) in [6, 6.07) is 3.93. The lowest BCUT2D eigenvalue weighted by Gasteiger charge is -2.13. The summed E-state index contributed by atoms with van der Waals surface area (Å²) in [5.74, 6) is 2.02. The smallest absolute Gasteiger partial charge is 0.186 e. The van der Waals surface area contributed by atoms with Crippen LogP contribution in [0, 0.1) is 6.92 Å². The third-order valence-electron chi connectivity index (χ3n) is 3.27. The first-order valence-electron chi connectivity index (χ1n) is 6.43. The summed E-state index contributed by atoms with van der Waals surface area (Å²) in [4.78, 5) is 19.4. The van der Waals surface area contributed by atoms with Crippen LogP contribution in [-0.2, 0) is 13.0 Å². The predicted molar refractivity (Wildman–Crippen MR) is 74.9 cm³/mol. The van der Waals surface area contributed by atoms with Crippen LogP contribution in [0.5, 0.6) is 0 Å². The number of carbonyl (C=O) groups is 1. The van der Waals surface area contributed by atoms with Gasteiger partial charge in [0.25, 0.3) is 0 Å². The highest BCUT2D eigenvalue weighted by molar-refractivity contribution is 7.15. The summed E-state index contributed by atoms with van der Waals surface area (Å²) >= 11 is 1.63. The van der Waals surface area contributed by atoms with Crippen LogP contribution in [0.2, 0.25) is 0 Å². The fourth-order valence-corrected chi connectivity index (χ4v) is 3.37. The molecule has 0 aromatic carbocycles. The number of nitrogens with zero attached hydrogens (tertiary/aromatic N) is 2. The Bertz CT molecular complexity index is 615. The molecule has 1 aliphatic carbocycles. The number of Topliss-reactive ketones (excluding diaryl/α,β-unsaturated/α-hetero) is 1. The van der Waals surface area contributed by atoms with Gasteiger partial charge in [-0.2, -0.15) is 0 Å². The number of ketones is 1. The van der Waals surface area contributed by atoms with Crippen LogP contribution in [-0.4, -0.2) is 17.8 Å². The van der Waals surface area contributed by atoms with Crippen LogP contribution in [0.4, 0.5) is 5.13 Å². The minimum Gasteiger partial charge on any atom is -0.464 e. The standard InChI is InChI=1S/C14H16N2O2S/c1-9-6-7-10(18-9)8-16(2)14-15-13-11(17)4-3-5-12(13)19-14/h6-7H,3-5,8H2,1-2H3. The summed E-state index contributed by atoms with van der Waals surface area (Å²) in [6.45, 7) is 2.61. The molecule has 0 radical (unpaired) electrons. The van der Waals surface area contributed by atoms with Crippen LogP contribution in [0.25, 0.3) is 0 Å². The lowest BCUT2D eigenvalue weighted by atomic mass is 10.0. The molecule has 2 heterocycles. The number of fused-ring (bicyclic) bond motifs is 1. The average molecular weight is 276 g/mol. The SMILES string of the molecule is Cc1ccc(CN(C)c2nc3c(s2)CCCC3=O)o1. The van der Waals surface area contributed by atoms with E-state index < -0.39 is 0 Å². The molecule has 0 spiro atoms. The Morgan fingerprint density at radius 1 is 1.42 bits per heavy atom. The number of rotatable bonds is 3. The maximum atomic E-state index is 11.8. The molecule has 100 valence electrons. The molecule has 0 amide bonds. The highest BCUT2D eigenvalue weighted by Gasteiger charge is 2.23. The third kappa shape index (κ3) is 2.42. The number of furan rings is 1. The third-order valence-corrected chi connectivity index (χ3v) is 4.50. The Morgan fingerprint density at radius 2 is 2.26 bits per heavy atom. The Labute approximate surface area is 116 Å². The Kier molecular flexibility index (Phi) is 3.14. The van der Waals surface area contributed by atoms with E-state index >= 15 is 0 Å². The lowest BCUT2D eigenvalue weighted by Crippen LogP contribution is -2.16. The van der Waals surface area contributed by atoms with E-state index in [-0.39, 0.29) is 5.78 Å². The van der Waals surface area contributed by atoms with Crippen molar-refractivity contribution in [3.8, 4) is 0 Å². The Balaban J connectivity index is 1.80. The van der Waals surface area contributed by atoms with Gasteiger partial charge in [0.2, 0.25) is 0 Å². The predicted octanol–water partition coefficient (Wildman–Crippen LogP) is 3.20. The van der Waals surface area contributed by atoms with Crippen LogP contribution >= 0.6 is 11.3 Å². The molecular formula is C14H16N2O2S. The summed E-state index contributed by atoms with van der Waals surface area (Å²) in [7, 11) is 1.98. The minimum absolute atomic E-state index is 0.186.